The number of hydrogen-bond donors (Lipinski definition) is 2. The van der Waals surface area contributed by atoms with Gasteiger partial charge < -0.3 is 20.3 Å². The van der Waals surface area contributed by atoms with Gasteiger partial charge in [0.2, 0.25) is 0 Å². The molecular weight excluding hydrogens is 446 g/mol. The normalized spacial score (nSPS) is 15.6. The van der Waals surface area contributed by atoms with Gasteiger partial charge >= 0.3 is 6.03 Å². The summed E-state index contributed by atoms with van der Waals surface area (Å²) >= 11 is 1.70. The molecule has 2 heterocycles. The topological polar surface area (TPSA) is 70.7 Å². The minimum Gasteiger partial charge on any atom is -0.494 e. The number of ether oxygens (including phenoxy) is 1. The van der Waals surface area contributed by atoms with Crippen LogP contribution in [0, 0.1) is 0 Å². The highest BCUT2D eigenvalue weighted by molar-refractivity contribution is 7.09. The maximum atomic E-state index is 12.9. The number of nitrogens with one attached hydrogen (secondary N) is 2. The second-order valence-corrected chi connectivity index (χ2v) is 9.42. The van der Waals surface area contributed by atoms with Crippen LogP contribution in [0.25, 0.3) is 0 Å². The molecule has 7 heteroatoms. The molecule has 3 amide bonds. The minimum atomic E-state index is -0.101. The van der Waals surface area contributed by atoms with Gasteiger partial charge in [0.05, 0.1) is 6.61 Å². The maximum Gasteiger partial charge on any atom is 0.321 e. The van der Waals surface area contributed by atoms with Crippen LogP contribution in [0.15, 0.2) is 66.0 Å². The molecule has 4 rings (SSSR count). The van der Waals surface area contributed by atoms with Gasteiger partial charge in [-0.2, -0.15) is 0 Å². The Hall–Kier alpha value is -3.32. The first-order valence-corrected chi connectivity index (χ1v) is 12.7. The first-order valence-electron chi connectivity index (χ1n) is 11.8. The van der Waals surface area contributed by atoms with Crippen molar-refractivity contribution in [2.75, 3.05) is 31.6 Å². The van der Waals surface area contributed by atoms with Gasteiger partial charge in [-0.3, -0.25) is 4.79 Å². The number of benzene rings is 2. The van der Waals surface area contributed by atoms with Crippen LogP contribution in [0.3, 0.4) is 0 Å². The molecule has 178 valence electrons. The molecule has 1 aliphatic heterocycles. The molecule has 6 nitrogen and oxygen atoms in total. The molecule has 0 saturated carbocycles. The Kier molecular flexibility index (Phi) is 8.20. The highest BCUT2D eigenvalue weighted by Gasteiger charge is 2.25. The predicted octanol–water partition coefficient (Wildman–Crippen LogP) is 5.53. The SMILES string of the molecule is CCOc1ccc(NC(=O)N2CCC[C@@H](c3cccc(C(=O)NCCc4cccs4)c3)C2)cc1. The molecule has 1 aromatic heterocycles. The molecule has 0 aliphatic carbocycles. The lowest BCUT2D eigenvalue weighted by atomic mass is 9.89. The van der Waals surface area contributed by atoms with Crippen molar-refractivity contribution in [3.63, 3.8) is 0 Å². The van der Waals surface area contributed by atoms with E-state index in [2.05, 4.69) is 22.8 Å². The molecule has 1 fully saturated rings. The van der Waals surface area contributed by atoms with Gasteiger partial charge in [0, 0.05) is 41.7 Å². The van der Waals surface area contributed by atoms with Crippen LogP contribution in [-0.2, 0) is 6.42 Å². The van der Waals surface area contributed by atoms with Crippen molar-refractivity contribution in [2.24, 2.45) is 0 Å². The number of likely N-dealkylation sites (tertiary alicyclic amines) is 1. The van der Waals surface area contributed by atoms with Crippen LogP contribution in [0.4, 0.5) is 10.5 Å². The molecule has 34 heavy (non-hydrogen) atoms. The number of piperidine rings is 1. The number of anilines is 1. The fourth-order valence-electron chi connectivity index (χ4n) is 4.23. The fraction of sp³-hybridized carbons (Fsp3) is 0.333. The van der Waals surface area contributed by atoms with E-state index in [-0.39, 0.29) is 17.9 Å². The smallest absolute Gasteiger partial charge is 0.321 e. The maximum absolute atomic E-state index is 12.9. The number of amides is 3. The van der Waals surface area contributed by atoms with E-state index in [0.29, 0.717) is 25.3 Å². The van der Waals surface area contributed by atoms with Crippen molar-refractivity contribution >= 4 is 29.0 Å². The van der Waals surface area contributed by atoms with Gasteiger partial charge in [-0.25, -0.2) is 4.79 Å². The number of nitrogens with zero attached hydrogens (tertiary/aromatic N) is 1. The highest BCUT2D eigenvalue weighted by Crippen LogP contribution is 2.28. The predicted molar refractivity (Wildman–Crippen MR) is 137 cm³/mol. The Bertz CT molecular complexity index is 1080. The van der Waals surface area contributed by atoms with Crippen LogP contribution in [-0.4, -0.2) is 43.1 Å². The van der Waals surface area contributed by atoms with E-state index in [9.17, 15) is 9.59 Å². The van der Waals surface area contributed by atoms with Crippen molar-refractivity contribution in [3.8, 4) is 5.75 Å². The zero-order valence-corrected chi connectivity index (χ0v) is 20.3. The van der Waals surface area contributed by atoms with Crippen molar-refractivity contribution in [3.05, 3.63) is 82.0 Å². The molecule has 2 N–H and O–H groups in total. The zero-order valence-electron chi connectivity index (χ0n) is 19.5. The van der Waals surface area contributed by atoms with Crippen molar-refractivity contribution in [2.45, 2.75) is 32.1 Å². The molecular formula is C27H31N3O3S. The largest absolute Gasteiger partial charge is 0.494 e. The first-order chi connectivity index (χ1) is 16.6. The van der Waals surface area contributed by atoms with E-state index in [1.165, 1.54) is 4.88 Å². The van der Waals surface area contributed by atoms with E-state index in [4.69, 9.17) is 4.74 Å². The lowest BCUT2D eigenvalue weighted by Gasteiger charge is -2.33. The summed E-state index contributed by atoms with van der Waals surface area (Å²) in [6.07, 6.45) is 2.76. The van der Waals surface area contributed by atoms with Crippen LogP contribution in [0.1, 0.15) is 46.5 Å². The van der Waals surface area contributed by atoms with Crippen LogP contribution >= 0.6 is 11.3 Å². The van der Waals surface area contributed by atoms with E-state index in [1.807, 2.05) is 65.7 Å². The second-order valence-electron chi connectivity index (χ2n) is 8.38. The van der Waals surface area contributed by atoms with E-state index in [0.717, 1.165) is 42.8 Å². The average molecular weight is 478 g/mol. The first kappa shape index (κ1) is 23.8. The Balaban J connectivity index is 1.33. The third kappa shape index (κ3) is 6.38. The van der Waals surface area contributed by atoms with Gasteiger partial charge in [-0.15, -0.1) is 11.3 Å². The monoisotopic (exact) mass is 477 g/mol. The number of rotatable bonds is 8. The summed E-state index contributed by atoms with van der Waals surface area (Å²) in [6, 6.07) is 19.2. The summed E-state index contributed by atoms with van der Waals surface area (Å²) < 4.78 is 5.46. The van der Waals surface area contributed by atoms with Gasteiger partial charge in [-0.1, -0.05) is 18.2 Å². The number of carbonyl (C=O) groups is 2. The van der Waals surface area contributed by atoms with E-state index in [1.54, 1.807) is 11.3 Å². The minimum absolute atomic E-state index is 0.0562. The summed E-state index contributed by atoms with van der Waals surface area (Å²) in [6.45, 7) is 4.52. The quantitative estimate of drug-likeness (QED) is 0.448. The summed E-state index contributed by atoms with van der Waals surface area (Å²) in [5.41, 5.74) is 2.51. The van der Waals surface area contributed by atoms with Crippen molar-refractivity contribution < 1.29 is 14.3 Å². The summed E-state index contributed by atoms with van der Waals surface area (Å²) in [7, 11) is 0. The molecule has 1 saturated heterocycles. The molecule has 0 bridgehead atoms. The molecule has 0 unspecified atom stereocenters. The average Bonchev–Trinajstić information content (AvgIpc) is 3.39. The molecule has 2 aromatic carbocycles. The number of thiophene rings is 1. The number of carbonyl (C=O) groups excluding carboxylic acids is 2. The third-order valence-corrected chi connectivity index (χ3v) is 6.92. The Morgan fingerprint density at radius 3 is 2.74 bits per heavy atom. The lowest BCUT2D eigenvalue weighted by Crippen LogP contribution is -2.41. The van der Waals surface area contributed by atoms with Gasteiger partial charge in [0.25, 0.3) is 5.91 Å². The number of urea groups is 1. The van der Waals surface area contributed by atoms with Crippen LogP contribution < -0.4 is 15.4 Å². The Labute approximate surface area is 204 Å². The Morgan fingerprint density at radius 1 is 1.12 bits per heavy atom. The van der Waals surface area contributed by atoms with Crippen LogP contribution in [0.2, 0.25) is 0 Å². The summed E-state index contributed by atoms with van der Waals surface area (Å²) in [4.78, 5) is 28.6. The standard InChI is InChI=1S/C27H31N3O3S/c1-2-33-24-12-10-23(11-13-24)29-27(32)30-16-4-8-22(19-30)20-6-3-7-21(18-20)26(31)28-15-14-25-9-5-17-34-25/h3,5-7,9-13,17-18,22H,2,4,8,14-16,19H2,1H3,(H,28,31)(H,29,32)/t22-/m1/s1. The summed E-state index contributed by atoms with van der Waals surface area (Å²) in [5, 5.41) is 8.05. The van der Waals surface area contributed by atoms with Gasteiger partial charge in [0.1, 0.15) is 5.75 Å². The molecule has 3 aromatic rings. The third-order valence-electron chi connectivity index (χ3n) is 5.98. The molecule has 0 radical (unpaired) electrons. The fourth-order valence-corrected chi connectivity index (χ4v) is 4.94. The number of hydrogen-bond acceptors (Lipinski definition) is 4. The highest BCUT2D eigenvalue weighted by atomic mass is 32.1. The van der Waals surface area contributed by atoms with Crippen LogP contribution in [0.5, 0.6) is 5.75 Å². The van der Waals surface area contributed by atoms with E-state index < -0.39 is 0 Å². The molecule has 0 spiro atoms. The van der Waals surface area contributed by atoms with Gasteiger partial charge in [-0.05, 0) is 79.6 Å². The second kappa shape index (κ2) is 11.7. The zero-order chi connectivity index (χ0) is 23.8. The van der Waals surface area contributed by atoms with Crippen molar-refractivity contribution in [1.29, 1.82) is 0 Å². The molecule has 1 aliphatic rings. The van der Waals surface area contributed by atoms with Gasteiger partial charge in [0.15, 0.2) is 0 Å². The van der Waals surface area contributed by atoms with E-state index >= 15 is 0 Å². The molecule has 1 atom stereocenters. The summed E-state index contributed by atoms with van der Waals surface area (Å²) in [5.74, 6) is 0.937. The Morgan fingerprint density at radius 2 is 1.97 bits per heavy atom. The van der Waals surface area contributed by atoms with Crippen molar-refractivity contribution in [1.82, 2.24) is 10.2 Å². The lowest BCUT2D eigenvalue weighted by molar-refractivity contribution is 0.0954.